The number of phenols is 1. The van der Waals surface area contributed by atoms with Gasteiger partial charge in [-0.05, 0) is 24.3 Å². The average molecular weight is 200 g/mol. The normalized spacial score (nSPS) is 9.87. The van der Waals surface area contributed by atoms with E-state index in [1.807, 2.05) is 0 Å². The number of benzene rings is 1. The van der Waals surface area contributed by atoms with Gasteiger partial charge in [0.2, 0.25) is 0 Å². The number of nitrogens with zero attached hydrogens (tertiary/aromatic N) is 2. The standard InChI is InChI=1S/C11H8N2O2/c14-7-9-6-8(2-3-10(9)15)11-12-4-1-5-13-11/h1-7,15H. The van der Waals surface area contributed by atoms with Gasteiger partial charge in [-0.25, -0.2) is 9.97 Å². The number of carbonyl (C=O) groups excluding carboxylic acids is 1. The Balaban J connectivity index is 2.51. The summed E-state index contributed by atoms with van der Waals surface area (Å²) in [5.41, 5.74) is 0.940. The van der Waals surface area contributed by atoms with Crippen LogP contribution in [-0.4, -0.2) is 21.4 Å². The van der Waals surface area contributed by atoms with E-state index in [4.69, 9.17) is 0 Å². The predicted octanol–water partition coefficient (Wildman–Crippen LogP) is 1.66. The quantitative estimate of drug-likeness (QED) is 0.749. The number of carbonyl (C=O) groups is 1. The van der Waals surface area contributed by atoms with Crippen molar-refractivity contribution < 1.29 is 9.90 Å². The van der Waals surface area contributed by atoms with Crippen molar-refractivity contribution in [2.75, 3.05) is 0 Å². The van der Waals surface area contributed by atoms with Gasteiger partial charge in [-0.3, -0.25) is 4.79 Å². The van der Waals surface area contributed by atoms with Crippen molar-refractivity contribution in [3.63, 3.8) is 0 Å². The maximum Gasteiger partial charge on any atom is 0.159 e. The largest absolute Gasteiger partial charge is 0.507 e. The van der Waals surface area contributed by atoms with Crippen molar-refractivity contribution in [1.82, 2.24) is 9.97 Å². The molecular formula is C11H8N2O2. The van der Waals surface area contributed by atoms with Gasteiger partial charge in [0.25, 0.3) is 0 Å². The fourth-order valence-corrected chi connectivity index (χ4v) is 1.24. The number of hydrogen-bond donors (Lipinski definition) is 1. The van der Waals surface area contributed by atoms with Gasteiger partial charge in [-0.15, -0.1) is 0 Å². The highest BCUT2D eigenvalue weighted by Crippen LogP contribution is 2.21. The Bertz CT molecular complexity index is 483. The van der Waals surface area contributed by atoms with Gasteiger partial charge < -0.3 is 5.11 Å². The average Bonchev–Trinajstić information content (AvgIpc) is 2.31. The number of phenolic OH excluding ortho intramolecular Hbond substituents is 1. The summed E-state index contributed by atoms with van der Waals surface area (Å²) < 4.78 is 0. The zero-order valence-electron chi connectivity index (χ0n) is 7.79. The van der Waals surface area contributed by atoms with Gasteiger partial charge in [0, 0.05) is 18.0 Å². The summed E-state index contributed by atoms with van der Waals surface area (Å²) >= 11 is 0. The molecule has 0 fully saturated rings. The summed E-state index contributed by atoms with van der Waals surface area (Å²) in [6.07, 6.45) is 3.84. The third kappa shape index (κ3) is 1.83. The molecule has 0 atom stereocenters. The van der Waals surface area contributed by atoms with Gasteiger partial charge in [0.1, 0.15) is 5.75 Å². The van der Waals surface area contributed by atoms with Crippen molar-refractivity contribution in [3.05, 3.63) is 42.2 Å². The van der Waals surface area contributed by atoms with Crippen LogP contribution >= 0.6 is 0 Å². The lowest BCUT2D eigenvalue weighted by molar-refractivity contribution is 0.112. The Morgan fingerprint density at radius 3 is 2.60 bits per heavy atom. The molecule has 0 aliphatic heterocycles. The lowest BCUT2D eigenvalue weighted by atomic mass is 10.1. The van der Waals surface area contributed by atoms with E-state index in [0.717, 1.165) is 0 Å². The summed E-state index contributed by atoms with van der Waals surface area (Å²) in [4.78, 5) is 18.7. The molecule has 1 N–H and O–H groups in total. The molecule has 2 rings (SSSR count). The van der Waals surface area contributed by atoms with E-state index < -0.39 is 0 Å². The lowest BCUT2D eigenvalue weighted by Crippen LogP contribution is -1.89. The van der Waals surface area contributed by atoms with Crippen molar-refractivity contribution in [2.24, 2.45) is 0 Å². The first kappa shape index (κ1) is 9.33. The van der Waals surface area contributed by atoms with Crippen LogP contribution in [0.15, 0.2) is 36.7 Å². The Morgan fingerprint density at radius 2 is 1.93 bits per heavy atom. The SMILES string of the molecule is O=Cc1cc(-c2ncccn2)ccc1O. The maximum absolute atomic E-state index is 10.6. The summed E-state index contributed by atoms with van der Waals surface area (Å²) in [6, 6.07) is 6.38. The first-order valence-corrected chi connectivity index (χ1v) is 4.37. The van der Waals surface area contributed by atoms with E-state index in [1.165, 1.54) is 6.07 Å². The molecule has 1 heterocycles. The molecule has 0 bridgehead atoms. The van der Waals surface area contributed by atoms with E-state index in [-0.39, 0.29) is 11.3 Å². The molecular weight excluding hydrogens is 192 g/mol. The molecule has 0 saturated heterocycles. The highest BCUT2D eigenvalue weighted by atomic mass is 16.3. The number of aldehydes is 1. The summed E-state index contributed by atoms with van der Waals surface area (Å²) in [6.45, 7) is 0. The van der Waals surface area contributed by atoms with Crippen molar-refractivity contribution in [1.29, 1.82) is 0 Å². The van der Waals surface area contributed by atoms with Gasteiger partial charge in [0.05, 0.1) is 5.56 Å². The smallest absolute Gasteiger partial charge is 0.159 e. The van der Waals surface area contributed by atoms with Crippen molar-refractivity contribution >= 4 is 6.29 Å². The third-order valence-electron chi connectivity index (χ3n) is 1.98. The zero-order chi connectivity index (χ0) is 10.7. The Hall–Kier alpha value is -2.23. The fraction of sp³-hybridized carbons (Fsp3) is 0. The minimum atomic E-state index is -0.0373. The second-order valence-corrected chi connectivity index (χ2v) is 2.96. The molecule has 74 valence electrons. The second-order valence-electron chi connectivity index (χ2n) is 2.96. The predicted molar refractivity (Wildman–Crippen MR) is 54.5 cm³/mol. The van der Waals surface area contributed by atoms with Crippen LogP contribution in [0.3, 0.4) is 0 Å². The van der Waals surface area contributed by atoms with Gasteiger partial charge in [0.15, 0.2) is 12.1 Å². The van der Waals surface area contributed by atoms with E-state index in [9.17, 15) is 9.90 Å². The number of aromatic nitrogens is 2. The van der Waals surface area contributed by atoms with Crippen molar-refractivity contribution in [3.8, 4) is 17.1 Å². The number of aromatic hydroxyl groups is 1. The zero-order valence-corrected chi connectivity index (χ0v) is 7.79. The molecule has 0 saturated carbocycles. The van der Waals surface area contributed by atoms with Crippen LogP contribution in [0.1, 0.15) is 10.4 Å². The first-order valence-electron chi connectivity index (χ1n) is 4.37. The molecule has 0 spiro atoms. The molecule has 4 nitrogen and oxygen atoms in total. The summed E-state index contributed by atoms with van der Waals surface area (Å²) in [7, 11) is 0. The van der Waals surface area contributed by atoms with Crippen molar-refractivity contribution in [2.45, 2.75) is 0 Å². The van der Waals surface area contributed by atoms with Crippen LogP contribution in [0.4, 0.5) is 0 Å². The van der Waals surface area contributed by atoms with Gasteiger partial charge in [-0.1, -0.05) is 0 Å². The van der Waals surface area contributed by atoms with Crippen LogP contribution in [0.25, 0.3) is 11.4 Å². The van der Waals surface area contributed by atoms with Crippen LogP contribution in [0.5, 0.6) is 5.75 Å². The van der Waals surface area contributed by atoms with Gasteiger partial charge in [-0.2, -0.15) is 0 Å². The van der Waals surface area contributed by atoms with E-state index in [2.05, 4.69) is 9.97 Å². The molecule has 0 amide bonds. The van der Waals surface area contributed by atoms with E-state index >= 15 is 0 Å². The minimum absolute atomic E-state index is 0.0373. The number of rotatable bonds is 2. The highest BCUT2D eigenvalue weighted by Gasteiger charge is 2.04. The Morgan fingerprint density at radius 1 is 1.20 bits per heavy atom. The second kappa shape index (κ2) is 3.88. The van der Waals surface area contributed by atoms with E-state index in [1.54, 1.807) is 30.6 Å². The fourth-order valence-electron chi connectivity index (χ4n) is 1.24. The van der Waals surface area contributed by atoms with E-state index in [0.29, 0.717) is 17.7 Å². The molecule has 0 aliphatic rings. The van der Waals surface area contributed by atoms with Gasteiger partial charge >= 0.3 is 0 Å². The molecule has 1 aromatic carbocycles. The summed E-state index contributed by atoms with van der Waals surface area (Å²) in [5.74, 6) is 0.491. The van der Waals surface area contributed by atoms with Crippen LogP contribution in [0, 0.1) is 0 Å². The van der Waals surface area contributed by atoms with Crippen LogP contribution < -0.4 is 0 Å². The highest BCUT2D eigenvalue weighted by molar-refractivity contribution is 5.81. The van der Waals surface area contributed by atoms with Crippen LogP contribution in [-0.2, 0) is 0 Å². The minimum Gasteiger partial charge on any atom is -0.507 e. The maximum atomic E-state index is 10.6. The molecule has 0 aliphatic carbocycles. The molecule has 1 aromatic heterocycles. The lowest BCUT2D eigenvalue weighted by Gasteiger charge is -2.01. The molecule has 15 heavy (non-hydrogen) atoms. The van der Waals surface area contributed by atoms with Crippen LogP contribution in [0.2, 0.25) is 0 Å². The monoisotopic (exact) mass is 200 g/mol. The first-order chi connectivity index (χ1) is 7.31. The number of hydrogen-bond acceptors (Lipinski definition) is 4. The molecule has 0 radical (unpaired) electrons. The Kier molecular flexibility index (Phi) is 2.41. The third-order valence-corrected chi connectivity index (χ3v) is 1.98. The molecule has 0 unspecified atom stereocenters. The summed E-state index contributed by atoms with van der Waals surface area (Å²) in [5, 5.41) is 9.31. The Labute approximate surface area is 86.2 Å². The topological polar surface area (TPSA) is 63.1 Å². The molecule has 2 aromatic rings. The molecule has 4 heteroatoms.